The number of anilines is 1. The Kier molecular flexibility index (Phi) is 4.43. The van der Waals surface area contributed by atoms with Crippen molar-refractivity contribution in [1.82, 2.24) is 5.32 Å². The normalized spacial score (nSPS) is 19.9. The lowest BCUT2D eigenvalue weighted by atomic mass is 10.1. The summed E-state index contributed by atoms with van der Waals surface area (Å²) in [4.78, 5) is 2.52. The van der Waals surface area contributed by atoms with Gasteiger partial charge in [-0.05, 0) is 36.6 Å². The molecule has 0 saturated carbocycles. The van der Waals surface area contributed by atoms with E-state index in [1.807, 2.05) is 0 Å². The largest absolute Gasteiger partial charge is 0.371 e. The average Bonchev–Trinajstić information content (AvgIpc) is 2.86. The molecule has 2 heteroatoms. The molecule has 0 bridgehead atoms. The number of nitrogens with zero attached hydrogens (tertiary/aromatic N) is 1. The summed E-state index contributed by atoms with van der Waals surface area (Å²) >= 11 is 0. The molecule has 2 rings (SSSR count). The van der Waals surface area contributed by atoms with Gasteiger partial charge >= 0.3 is 0 Å². The number of nitrogens with one attached hydrogen (secondary N) is 1. The molecular weight excluding hydrogens is 208 g/mol. The van der Waals surface area contributed by atoms with Crippen molar-refractivity contribution in [2.45, 2.75) is 33.2 Å². The van der Waals surface area contributed by atoms with E-state index < -0.39 is 0 Å². The van der Waals surface area contributed by atoms with Crippen LogP contribution in [0.1, 0.15) is 32.3 Å². The highest BCUT2D eigenvalue weighted by molar-refractivity contribution is 5.48. The van der Waals surface area contributed by atoms with Gasteiger partial charge in [0.1, 0.15) is 0 Å². The molecule has 0 amide bonds. The first-order chi connectivity index (χ1) is 8.33. The van der Waals surface area contributed by atoms with Gasteiger partial charge in [0.2, 0.25) is 0 Å². The van der Waals surface area contributed by atoms with Crippen LogP contribution in [0, 0.1) is 5.92 Å². The van der Waals surface area contributed by atoms with Crippen molar-refractivity contribution in [3.63, 3.8) is 0 Å². The molecule has 1 aromatic rings. The summed E-state index contributed by atoms with van der Waals surface area (Å²) in [5.41, 5.74) is 2.77. The van der Waals surface area contributed by atoms with Crippen LogP contribution in [0.25, 0.3) is 0 Å². The Morgan fingerprint density at radius 1 is 1.24 bits per heavy atom. The summed E-state index contributed by atoms with van der Waals surface area (Å²) in [5, 5.41) is 3.36. The smallest absolute Gasteiger partial charge is 0.0366 e. The van der Waals surface area contributed by atoms with Crippen molar-refractivity contribution in [3.8, 4) is 0 Å². The zero-order chi connectivity index (χ0) is 12.1. The highest BCUT2D eigenvalue weighted by atomic mass is 15.1. The summed E-state index contributed by atoms with van der Waals surface area (Å²) in [6, 6.07) is 9.03. The minimum atomic E-state index is 0.899. The van der Waals surface area contributed by atoms with Gasteiger partial charge in [-0.3, -0.25) is 0 Å². The molecule has 17 heavy (non-hydrogen) atoms. The minimum Gasteiger partial charge on any atom is -0.371 e. The Labute approximate surface area is 105 Å². The number of rotatable bonds is 5. The van der Waals surface area contributed by atoms with Crippen molar-refractivity contribution < 1.29 is 0 Å². The molecular formula is C15H24N2. The van der Waals surface area contributed by atoms with Gasteiger partial charge in [-0.25, -0.2) is 0 Å². The maximum Gasteiger partial charge on any atom is 0.0366 e. The summed E-state index contributed by atoms with van der Waals surface area (Å²) < 4.78 is 0. The van der Waals surface area contributed by atoms with Crippen LogP contribution in [-0.2, 0) is 6.54 Å². The van der Waals surface area contributed by atoms with E-state index in [1.165, 1.54) is 37.2 Å². The van der Waals surface area contributed by atoms with E-state index in [-0.39, 0.29) is 0 Å². The summed E-state index contributed by atoms with van der Waals surface area (Å²) in [5.74, 6) is 0.899. The summed E-state index contributed by atoms with van der Waals surface area (Å²) in [6.45, 7) is 8.92. The second-order valence-electron chi connectivity index (χ2n) is 4.96. The fourth-order valence-corrected chi connectivity index (χ4v) is 2.49. The number of hydrogen-bond donors (Lipinski definition) is 1. The SMILES string of the molecule is CCNCc1ccc(N2CCC(CC)C2)cc1. The van der Waals surface area contributed by atoms with Gasteiger partial charge in [-0.2, -0.15) is 0 Å². The predicted molar refractivity (Wildman–Crippen MR) is 74.4 cm³/mol. The summed E-state index contributed by atoms with van der Waals surface area (Å²) in [6.07, 6.45) is 2.67. The third-order valence-electron chi connectivity index (χ3n) is 3.74. The van der Waals surface area contributed by atoms with Crippen LogP contribution < -0.4 is 10.2 Å². The van der Waals surface area contributed by atoms with E-state index >= 15 is 0 Å². The fourth-order valence-electron chi connectivity index (χ4n) is 2.49. The van der Waals surface area contributed by atoms with E-state index in [1.54, 1.807) is 0 Å². The van der Waals surface area contributed by atoms with Gasteiger partial charge < -0.3 is 10.2 Å². The summed E-state index contributed by atoms with van der Waals surface area (Å²) in [7, 11) is 0. The molecule has 0 aromatic heterocycles. The maximum absolute atomic E-state index is 3.36. The highest BCUT2D eigenvalue weighted by Crippen LogP contribution is 2.25. The monoisotopic (exact) mass is 232 g/mol. The third kappa shape index (κ3) is 3.22. The van der Waals surface area contributed by atoms with E-state index in [0.29, 0.717) is 0 Å². The lowest BCUT2D eigenvalue weighted by Gasteiger charge is -2.18. The van der Waals surface area contributed by atoms with Crippen LogP contribution in [0.2, 0.25) is 0 Å². The zero-order valence-corrected chi connectivity index (χ0v) is 11.1. The van der Waals surface area contributed by atoms with Gasteiger partial charge in [0, 0.05) is 25.3 Å². The highest BCUT2D eigenvalue weighted by Gasteiger charge is 2.20. The Morgan fingerprint density at radius 3 is 2.59 bits per heavy atom. The van der Waals surface area contributed by atoms with Crippen LogP contribution >= 0.6 is 0 Å². The molecule has 1 N–H and O–H groups in total. The second kappa shape index (κ2) is 6.06. The van der Waals surface area contributed by atoms with Crippen LogP contribution in [0.4, 0.5) is 5.69 Å². The van der Waals surface area contributed by atoms with Crippen molar-refractivity contribution in [2.24, 2.45) is 5.92 Å². The molecule has 0 aliphatic carbocycles. The molecule has 1 aliphatic heterocycles. The lowest BCUT2D eigenvalue weighted by Crippen LogP contribution is -2.19. The maximum atomic E-state index is 3.36. The first-order valence-electron chi connectivity index (χ1n) is 6.88. The lowest BCUT2D eigenvalue weighted by molar-refractivity contribution is 0.569. The van der Waals surface area contributed by atoms with Crippen LogP contribution in [0.3, 0.4) is 0 Å². The van der Waals surface area contributed by atoms with Gasteiger partial charge in [-0.1, -0.05) is 32.4 Å². The van der Waals surface area contributed by atoms with Crippen molar-refractivity contribution in [2.75, 3.05) is 24.5 Å². The molecule has 0 spiro atoms. The van der Waals surface area contributed by atoms with Crippen molar-refractivity contribution in [1.29, 1.82) is 0 Å². The molecule has 1 aromatic carbocycles. The topological polar surface area (TPSA) is 15.3 Å². The first-order valence-corrected chi connectivity index (χ1v) is 6.88. The molecule has 1 aliphatic rings. The van der Waals surface area contributed by atoms with Crippen molar-refractivity contribution >= 4 is 5.69 Å². The quantitative estimate of drug-likeness (QED) is 0.839. The fraction of sp³-hybridized carbons (Fsp3) is 0.600. The van der Waals surface area contributed by atoms with E-state index in [0.717, 1.165) is 19.0 Å². The van der Waals surface area contributed by atoms with Crippen molar-refractivity contribution in [3.05, 3.63) is 29.8 Å². The Balaban J connectivity index is 1.94. The standard InChI is InChI=1S/C15H24N2/c1-3-13-9-10-17(12-13)15-7-5-14(6-8-15)11-16-4-2/h5-8,13,16H,3-4,9-12H2,1-2H3. The van der Waals surface area contributed by atoms with E-state index in [2.05, 4.69) is 48.3 Å². The molecule has 1 unspecified atom stereocenters. The minimum absolute atomic E-state index is 0.899. The molecule has 0 radical (unpaired) electrons. The molecule has 1 atom stereocenters. The molecule has 1 fully saturated rings. The Morgan fingerprint density at radius 2 is 2.00 bits per heavy atom. The molecule has 2 nitrogen and oxygen atoms in total. The van der Waals surface area contributed by atoms with Gasteiger partial charge in [0.25, 0.3) is 0 Å². The first kappa shape index (κ1) is 12.4. The van der Waals surface area contributed by atoms with E-state index in [9.17, 15) is 0 Å². The van der Waals surface area contributed by atoms with Crippen LogP contribution in [0.15, 0.2) is 24.3 Å². The molecule has 1 heterocycles. The Bertz CT molecular complexity index is 331. The van der Waals surface area contributed by atoms with E-state index in [4.69, 9.17) is 0 Å². The third-order valence-corrected chi connectivity index (χ3v) is 3.74. The van der Waals surface area contributed by atoms with Crippen LogP contribution in [0.5, 0.6) is 0 Å². The molecule has 94 valence electrons. The van der Waals surface area contributed by atoms with Gasteiger partial charge in [-0.15, -0.1) is 0 Å². The van der Waals surface area contributed by atoms with Gasteiger partial charge in [0.05, 0.1) is 0 Å². The Hall–Kier alpha value is -1.02. The second-order valence-corrected chi connectivity index (χ2v) is 4.96. The average molecular weight is 232 g/mol. The van der Waals surface area contributed by atoms with Gasteiger partial charge in [0.15, 0.2) is 0 Å². The zero-order valence-electron chi connectivity index (χ0n) is 11.1. The molecule has 1 saturated heterocycles. The number of hydrogen-bond acceptors (Lipinski definition) is 2. The van der Waals surface area contributed by atoms with Crippen LogP contribution in [-0.4, -0.2) is 19.6 Å². The predicted octanol–water partition coefficient (Wildman–Crippen LogP) is 3.03. The number of benzene rings is 1.